The van der Waals surface area contributed by atoms with E-state index in [0.717, 1.165) is 40.9 Å². The van der Waals surface area contributed by atoms with E-state index in [-0.39, 0.29) is 11.5 Å². The van der Waals surface area contributed by atoms with Crippen molar-refractivity contribution >= 4 is 74.0 Å². The third kappa shape index (κ3) is 13.0. The number of ether oxygens (including phenoxy) is 1. The van der Waals surface area contributed by atoms with Gasteiger partial charge in [-0.15, -0.1) is 50.5 Å². The van der Waals surface area contributed by atoms with E-state index in [9.17, 15) is 0 Å². The Morgan fingerprint density at radius 2 is 0.556 bits per heavy atom. The first-order valence-corrected chi connectivity index (χ1v) is 16.9. The molecule has 0 aromatic heterocycles. The van der Waals surface area contributed by atoms with Crippen molar-refractivity contribution in [3.05, 3.63) is 146 Å². The van der Waals surface area contributed by atoms with Crippen LogP contribution in [0.2, 0.25) is 0 Å². The topological polar surface area (TPSA) is 49.7 Å². The second kappa shape index (κ2) is 18.1. The predicted molar refractivity (Wildman–Crippen MR) is 199 cm³/mol. The summed E-state index contributed by atoms with van der Waals surface area (Å²) in [5.41, 5.74) is 0. The molecular formula is C36H30O3S6. The Morgan fingerprint density at radius 3 is 0.822 bits per heavy atom. The van der Waals surface area contributed by atoms with Crippen LogP contribution < -0.4 is 4.74 Å². The quantitative estimate of drug-likeness (QED) is 0.0976. The first-order valence-electron chi connectivity index (χ1n) is 13.5. The third-order valence-electron chi connectivity index (χ3n) is 5.73. The summed E-state index contributed by atoms with van der Waals surface area (Å²) in [7, 11) is 0. The molecule has 6 aromatic rings. The van der Waals surface area contributed by atoms with E-state index in [2.05, 4.69) is 74.8 Å². The highest BCUT2D eigenvalue weighted by molar-refractivity contribution is 7.99. The average molecular weight is 703 g/mol. The fourth-order valence-electron chi connectivity index (χ4n) is 3.49. The van der Waals surface area contributed by atoms with Crippen LogP contribution in [0.3, 0.4) is 0 Å². The SMILES string of the molecule is Oc1ccc(Sc2ccc(O)cc2)cc1.Sc1ccc(Oc2ccc(S)cc2)cc1.Sc1ccc(Sc2ccc(S)cc2)cc1. The maximum absolute atomic E-state index is 9.12. The van der Waals surface area contributed by atoms with E-state index in [4.69, 9.17) is 14.9 Å². The highest BCUT2D eigenvalue weighted by Crippen LogP contribution is 2.30. The normalized spacial score (nSPS) is 10.1. The molecule has 0 bridgehead atoms. The minimum Gasteiger partial charge on any atom is -0.508 e. The van der Waals surface area contributed by atoms with Crippen LogP contribution in [0.4, 0.5) is 0 Å². The number of hydrogen-bond donors (Lipinski definition) is 6. The molecule has 0 radical (unpaired) electrons. The van der Waals surface area contributed by atoms with Crippen LogP contribution in [0.5, 0.6) is 23.0 Å². The van der Waals surface area contributed by atoms with Crippen molar-refractivity contribution in [2.75, 3.05) is 0 Å². The van der Waals surface area contributed by atoms with Gasteiger partial charge in [0, 0.05) is 39.2 Å². The van der Waals surface area contributed by atoms with Crippen LogP contribution in [0.15, 0.2) is 185 Å². The van der Waals surface area contributed by atoms with Crippen molar-refractivity contribution in [1.82, 2.24) is 0 Å². The molecule has 228 valence electrons. The van der Waals surface area contributed by atoms with Crippen molar-refractivity contribution in [3.63, 3.8) is 0 Å². The average Bonchev–Trinajstić information content (AvgIpc) is 3.04. The molecule has 0 amide bonds. The molecule has 0 heterocycles. The van der Waals surface area contributed by atoms with Gasteiger partial charge >= 0.3 is 0 Å². The molecule has 0 spiro atoms. The van der Waals surface area contributed by atoms with Gasteiger partial charge in [-0.3, -0.25) is 0 Å². The van der Waals surface area contributed by atoms with Gasteiger partial charge in [-0.25, -0.2) is 0 Å². The lowest BCUT2D eigenvalue weighted by molar-refractivity contribution is 0.474. The Labute approximate surface area is 294 Å². The molecule has 2 N–H and O–H groups in total. The molecule has 0 fully saturated rings. The number of phenols is 2. The summed E-state index contributed by atoms with van der Waals surface area (Å²) in [5.74, 6) is 2.15. The standard InChI is InChI=1S/C12H10O2S.C12H10OS2.C12H10S3/c13-9-1-5-11(6-2-9)15-12-7-3-10(14)4-8-12;14-11-5-1-9(2-6-11)13-10-3-7-12(15)8-4-10;13-9-1-5-11(6-2-9)15-12-7-3-10(14)4-8-12/h1-8,13-14H;1-8,14-15H;1-8,13-14H. The lowest BCUT2D eigenvalue weighted by Crippen LogP contribution is -1.82. The highest BCUT2D eigenvalue weighted by atomic mass is 32.2. The molecule has 45 heavy (non-hydrogen) atoms. The lowest BCUT2D eigenvalue weighted by Gasteiger charge is -2.05. The van der Waals surface area contributed by atoms with Crippen LogP contribution in [0.1, 0.15) is 0 Å². The van der Waals surface area contributed by atoms with Gasteiger partial charge < -0.3 is 14.9 Å². The summed E-state index contributed by atoms with van der Waals surface area (Å²) >= 11 is 20.2. The second-order valence-corrected chi connectivity index (χ2v) is 13.6. The summed E-state index contributed by atoms with van der Waals surface area (Å²) in [5, 5.41) is 18.2. The Bertz CT molecular complexity index is 1380. The zero-order valence-corrected chi connectivity index (χ0v) is 29.0. The van der Waals surface area contributed by atoms with Crippen molar-refractivity contribution in [3.8, 4) is 23.0 Å². The molecule has 0 atom stereocenters. The Kier molecular flexibility index (Phi) is 13.9. The van der Waals surface area contributed by atoms with Gasteiger partial charge in [-0.05, 0) is 146 Å². The van der Waals surface area contributed by atoms with Gasteiger partial charge in [0.05, 0.1) is 0 Å². The smallest absolute Gasteiger partial charge is 0.127 e. The zero-order valence-electron chi connectivity index (χ0n) is 23.8. The third-order valence-corrected chi connectivity index (χ3v) is 8.95. The number of benzene rings is 6. The van der Waals surface area contributed by atoms with E-state index in [1.165, 1.54) is 9.79 Å². The van der Waals surface area contributed by atoms with Gasteiger partial charge in [-0.1, -0.05) is 23.5 Å². The van der Waals surface area contributed by atoms with Crippen molar-refractivity contribution in [1.29, 1.82) is 0 Å². The number of rotatable bonds is 6. The van der Waals surface area contributed by atoms with Crippen LogP contribution in [0.25, 0.3) is 0 Å². The molecule has 6 aromatic carbocycles. The number of aromatic hydroxyl groups is 2. The second-order valence-electron chi connectivity index (χ2n) is 9.27. The first kappa shape index (κ1) is 34.7. The fraction of sp³-hybridized carbons (Fsp3) is 0. The summed E-state index contributed by atoms with van der Waals surface area (Å²) in [6, 6.07) is 45.4. The maximum atomic E-state index is 9.12. The van der Waals surface area contributed by atoms with E-state index in [1.54, 1.807) is 47.8 Å². The van der Waals surface area contributed by atoms with Gasteiger partial charge in [0.25, 0.3) is 0 Å². The molecule has 6 rings (SSSR count). The van der Waals surface area contributed by atoms with Gasteiger partial charge in [0.15, 0.2) is 0 Å². The molecule has 0 unspecified atom stereocenters. The molecule has 0 aliphatic rings. The number of phenolic OH excluding ortho intramolecular Hbond substituents is 2. The van der Waals surface area contributed by atoms with Crippen LogP contribution in [-0.2, 0) is 0 Å². The monoisotopic (exact) mass is 702 g/mol. The summed E-state index contributed by atoms with van der Waals surface area (Å²) in [4.78, 5) is 8.38. The van der Waals surface area contributed by atoms with Crippen LogP contribution >= 0.6 is 74.0 Å². The van der Waals surface area contributed by atoms with Gasteiger partial charge in [-0.2, -0.15) is 0 Å². The summed E-state index contributed by atoms with van der Waals surface area (Å²) in [6.45, 7) is 0. The highest BCUT2D eigenvalue weighted by Gasteiger charge is 1.99. The molecule has 0 aliphatic carbocycles. The number of hydrogen-bond acceptors (Lipinski definition) is 9. The molecule has 0 saturated carbocycles. The van der Waals surface area contributed by atoms with E-state index in [1.807, 2.05) is 97.1 Å². The van der Waals surface area contributed by atoms with E-state index >= 15 is 0 Å². The Hall–Kier alpha value is -3.18. The first-order chi connectivity index (χ1) is 21.7. The van der Waals surface area contributed by atoms with E-state index < -0.39 is 0 Å². The maximum Gasteiger partial charge on any atom is 0.127 e. The lowest BCUT2D eigenvalue weighted by atomic mass is 10.3. The molecule has 3 nitrogen and oxygen atoms in total. The Morgan fingerprint density at radius 1 is 0.333 bits per heavy atom. The summed E-state index contributed by atoms with van der Waals surface area (Å²) in [6.07, 6.45) is 0. The van der Waals surface area contributed by atoms with Crippen LogP contribution in [0, 0.1) is 0 Å². The zero-order chi connectivity index (χ0) is 32.0. The van der Waals surface area contributed by atoms with E-state index in [0.29, 0.717) is 0 Å². The molecule has 0 saturated heterocycles. The predicted octanol–water partition coefficient (Wildman–Crippen LogP) is 11.7. The number of thiol groups is 4. The largest absolute Gasteiger partial charge is 0.508 e. The van der Waals surface area contributed by atoms with Crippen molar-refractivity contribution < 1.29 is 14.9 Å². The van der Waals surface area contributed by atoms with Gasteiger partial charge in [0.2, 0.25) is 0 Å². The molecular weight excluding hydrogens is 673 g/mol. The van der Waals surface area contributed by atoms with Crippen LogP contribution in [-0.4, -0.2) is 10.2 Å². The Balaban J connectivity index is 0.000000154. The molecule has 9 heteroatoms. The minimum atomic E-state index is 0.269. The molecule has 0 aliphatic heterocycles. The van der Waals surface area contributed by atoms with Crippen molar-refractivity contribution in [2.45, 2.75) is 39.2 Å². The summed E-state index contributed by atoms with van der Waals surface area (Å²) < 4.78 is 5.62. The van der Waals surface area contributed by atoms with Gasteiger partial charge in [0.1, 0.15) is 23.0 Å². The van der Waals surface area contributed by atoms with Crippen molar-refractivity contribution in [2.24, 2.45) is 0 Å². The minimum absolute atomic E-state index is 0.269. The fourth-order valence-corrected chi connectivity index (χ4v) is 5.72.